The summed E-state index contributed by atoms with van der Waals surface area (Å²) in [6.45, 7) is 8.34. The first-order valence-corrected chi connectivity index (χ1v) is 13.3. The highest BCUT2D eigenvalue weighted by molar-refractivity contribution is 9.10. The number of halogens is 1. The van der Waals surface area contributed by atoms with E-state index in [-0.39, 0.29) is 0 Å². The minimum atomic E-state index is -1.05. The minimum Gasteiger partial charge on any atom is -0.360 e. The highest BCUT2D eigenvalue weighted by atomic mass is 79.9. The Hall–Kier alpha value is -1.97. The van der Waals surface area contributed by atoms with Crippen LogP contribution in [0, 0.1) is 0 Å². The molecule has 2 heterocycles. The molecule has 7 nitrogen and oxygen atoms in total. The van der Waals surface area contributed by atoms with Crippen molar-refractivity contribution >= 4 is 35.6 Å². The van der Waals surface area contributed by atoms with E-state index in [9.17, 15) is 0 Å². The lowest BCUT2D eigenvalue weighted by Crippen LogP contribution is -2.22. The van der Waals surface area contributed by atoms with Crippen LogP contribution in [0.2, 0.25) is 25.7 Å². The van der Waals surface area contributed by atoms with Gasteiger partial charge in [0.05, 0.1) is 6.20 Å². The van der Waals surface area contributed by atoms with E-state index in [1.807, 2.05) is 36.3 Å². The molecule has 0 spiro atoms. The van der Waals surface area contributed by atoms with Gasteiger partial charge in [0.2, 0.25) is 10.7 Å². The van der Waals surface area contributed by atoms with Crippen LogP contribution < -0.4 is 5.32 Å². The number of nitrogens with zero attached hydrogens (tertiary/aromatic N) is 5. The summed E-state index contributed by atoms with van der Waals surface area (Å²) >= 11 is 3.27. The highest BCUT2D eigenvalue weighted by Crippen LogP contribution is 2.23. The van der Waals surface area contributed by atoms with Crippen molar-refractivity contribution in [3.8, 4) is 11.1 Å². The predicted molar refractivity (Wildman–Crippen MR) is 114 cm³/mol. The Morgan fingerprint density at radius 1 is 1.15 bits per heavy atom. The molecule has 9 heteroatoms. The molecular formula is C18H25BrN6OSi. The maximum atomic E-state index is 5.75. The van der Waals surface area contributed by atoms with E-state index >= 15 is 0 Å². The summed E-state index contributed by atoms with van der Waals surface area (Å²) in [5.74, 6) is 0.679. The number of ether oxygens (including phenoxy) is 1. The molecule has 0 bridgehead atoms. The topological polar surface area (TPSA) is 69.8 Å². The number of hydrogen-bond acceptors (Lipinski definition) is 5. The van der Waals surface area contributed by atoms with Crippen LogP contribution in [0.3, 0.4) is 0 Å². The van der Waals surface area contributed by atoms with E-state index in [2.05, 4.69) is 68.2 Å². The molecule has 1 aromatic carbocycles. The van der Waals surface area contributed by atoms with Gasteiger partial charge in [0.1, 0.15) is 6.73 Å². The van der Waals surface area contributed by atoms with Crippen molar-refractivity contribution < 1.29 is 4.74 Å². The Morgan fingerprint density at radius 2 is 1.89 bits per heavy atom. The molecule has 1 N–H and O–H groups in total. The average molecular weight is 449 g/mol. The first-order valence-electron chi connectivity index (χ1n) is 8.84. The third kappa shape index (κ3) is 5.75. The summed E-state index contributed by atoms with van der Waals surface area (Å²) in [5.41, 5.74) is 3.12. The molecular weight excluding hydrogens is 424 g/mol. The Kier molecular flexibility index (Phi) is 6.13. The summed E-state index contributed by atoms with van der Waals surface area (Å²) in [5, 5.41) is 11.8. The molecule has 0 atom stereocenters. The molecule has 0 aliphatic carbocycles. The predicted octanol–water partition coefficient (Wildman–Crippen LogP) is 4.50. The SMILES string of the molecule is Cn1nc(Br)nc1Nc1ccc(-c2cnn(COCC[Si](C)(C)C)c2)cc1. The molecule has 0 radical (unpaired) electrons. The smallest absolute Gasteiger partial charge is 0.226 e. The Balaban J connectivity index is 1.57. The van der Waals surface area contributed by atoms with Crippen LogP contribution in [0.15, 0.2) is 41.4 Å². The fraction of sp³-hybridized carbons (Fsp3) is 0.389. The van der Waals surface area contributed by atoms with Crippen LogP contribution >= 0.6 is 15.9 Å². The number of hydrogen-bond donors (Lipinski definition) is 1. The summed E-state index contributed by atoms with van der Waals surface area (Å²) in [4.78, 5) is 4.27. The van der Waals surface area contributed by atoms with Gasteiger partial charge in [-0.1, -0.05) is 31.8 Å². The van der Waals surface area contributed by atoms with E-state index in [1.165, 1.54) is 0 Å². The highest BCUT2D eigenvalue weighted by Gasteiger charge is 2.12. The molecule has 3 aromatic rings. The lowest BCUT2D eigenvalue weighted by atomic mass is 10.1. The van der Waals surface area contributed by atoms with Gasteiger partial charge in [0.15, 0.2) is 0 Å². The molecule has 0 aliphatic rings. The van der Waals surface area contributed by atoms with Crippen LogP contribution in [0.1, 0.15) is 0 Å². The van der Waals surface area contributed by atoms with Crippen molar-refractivity contribution in [2.75, 3.05) is 11.9 Å². The number of rotatable bonds is 8. The Labute approximate surface area is 168 Å². The molecule has 0 saturated carbocycles. The third-order valence-electron chi connectivity index (χ3n) is 4.06. The third-order valence-corrected chi connectivity index (χ3v) is 6.10. The summed E-state index contributed by atoms with van der Waals surface area (Å²) < 4.78 is 9.83. The number of benzene rings is 1. The normalized spacial score (nSPS) is 11.7. The molecule has 3 rings (SSSR count). The fourth-order valence-corrected chi connectivity index (χ4v) is 3.62. The number of aromatic nitrogens is 5. The first kappa shape index (κ1) is 19.8. The molecule has 0 unspecified atom stereocenters. The van der Waals surface area contributed by atoms with Crippen molar-refractivity contribution in [3.05, 3.63) is 41.4 Å². The summed E-state index contributed by atoms with van der Waals surface area (Å²) in [6.07, 6.45) is 3.88. The zero-order valence-corrected chi connectivity index (χ0v) is 18.7. The van der Waals surface area contributed by atoms with Crippen LogP contribution in [-0.4, -0.2) is 39.2 Å². The lowest BCUT2D eigenvalue weighted by Gasteiger charge is -2.15. The average Bonchev–Trinajstić information content (AvgIpc) is 3.18. The summed E-state index contributed by atoms with van der Waals surface area (Å²) in [6, 6.07) is 9.30. The lowest BCUT2D eigenvalue weighted by molar-refractivity contribution is 0.0786. The van der Waals surface area contributed by atoms with Gasteiger partial charge in [-0.3, -0.25) is 0 Å². The zero-order chi connectivity index (χ0) is 19.4. The van der Waals surface area contributed by atoms with E-state index in [0.29, 0.717) is 17.4 Å². The van der Waals surface area contributed by atoms with E-state index < -0.39 is 8.07 Å². The number of anilines is 2. The van der Waals surface area contributed by atoms with Gasteiger partial charge >= 0.3 is 0 Å². The van der Waals surface area contributed by atoms with Gasteiger partial charge in [0.25, 0.3) is 0 Å². The molecule has 0 fully saturated rings. The van der Waals surface area contributed by atoms with E-state index in [1.54, 1.807) is 4.68 Å². The molecule has 2 aromatic heterocycles. The maximum Gasteiger partial charge on any atom is 0.226 e. The van der Waals surface area contributed by atoms with Crippen LogP contribution in [0.5, 0.6) is 0 Å². The van der Waals surface area contributed by atoms with Gasteiger partial charge in [-0.15, -0.1) is 5.10 Å². The van der Waals surface area contributed by atoms with Gasteiger partial charge in [-0.25, -0.2) is 9.36 Å². The molecule has 144 valence electrons. The summed E-state index contributed by atoms with van der Waals surface area (Å²) in [7, 11) is 0.790. The monoisotopic (exact) mass is 448 g/mol. The van der Waals surface area contributed by atoms with Crippen molar-refractivity contribution in [1.82, 2.24) is 24.5 Å². The molecule has 0 aliphatic heterocycles. The van der Waals surface area contributed by atoms with Crippen LogP contribution in [0.25, 0.3) is 11.1 Å². The maximum absolute atomic E-state index is 5.75. The van der Waals surface area contributed by atoms with E-state index in [4.69, 9.17) is 4.74 Å². The fourth-order valence-electron chi connectivity index (χ4n) is 2.46. The first-order chi connectivity index (χ1) is 12.8. The van der Waals surface area contributed by atoms with Gasteiger partial charge < -0.3 is 10.1 Å². The van der Waals surface area contributed by atoms with Crippen molar-refractivity contribution in [3.63, 3.8) is 0 Å². The van der Waals surface area contributed by atoms with Crippen LogP contribution in [-0.2, 0) is 18.5 Å². The molecule has 27 heavy (non-hydrogen) atoms. The van der Waals surface area contributed by atoms with Gasteiger partial charge in [-0.2, -0.15) is 10.1 Å². The molecule has 0 saturated heterocycles. The second kappa shape index (κ2) is 8.36. The standard InChI is InChI=1S/C18H25BrN6OSi/c1-24-18(22-17(19)23-24)21-16-7-5-14(6-8-16)15-11-20-25(12-15)13-26-9-10-27(2,3)4/h5-8,11-12H,9-10,13H2,1-4H3,(H,21,22,23). The number of nitrogens with one attached hydrogen (secondary N) is 1. The molecule has 0 amide bonds. The van der Waals surface area contributed by atoms with Crippen LogP contribution in [0.4, 0.5) is 11.6 Å². The van der Waals surface area contributed by atoms with Gasteiger partial charge in [0, 0.05) is 39.2 Å². The van der Waals surface area contributed by atoms with Crippen molar-refractivity contribution in [1.29, 1.82) is 0 Å². The quantitative estimate of drug-likeness (QED) is 0.405. The van der Waals surface area contributed by atoms with Crippen molar-refractivity contribution in [2.45, 2.75) is 32.4 Å². The van der Waals surface area contributed by atoms with Gasteiger partial charge in [-0.05, 0) is 39.7 Å². The minimum absolute atomic E-state index is 0.491. The Bertz CT molecular complexity index is 884. The zero-order valence-electron chi connectivity index (χ0n) is 16.1. The second-order valence-electron chi connectivity index (χ2n) is 7.65. The second-order valence-corrected chi connectivity index (χ2v) is 14.0. The van der Waals surface area contributed by atoms with E-state index in [0.717, 1.165) is 29.5 Å². The van der Waals surface area contributed by atoms with Crippen molar-refractivity contribution in [2.24, 2.45) is 7.05 Å². The largest absolute Gasteiger partial charge is 0.360 e. The number of aryl methyl sites for hydroxylation is 1. The Morgan fingerprint density at radius 3 is 2.52 bits per heavy atom.